The van der Waals surface area contributed by atoms with Gasteiger partial charge in [-0.15, -0.1) is 0 Å². The van der Waals surface area contributed by atoms with Crippen molar-refractivity contribution in [2.24, 2.45) is 5.41 Å². The van der Waals surface area contributed by atoms with Crippen LogP contribution in [-0.2, 0) is 21.0 Å². The maximum absolute atomic E-state index is 13.1. The molecule has 1 saturated carbocycles. The summed E-state index contributed by atoms with van der Waals surface area (Å²) in [5.41, 5.74) is 0.649. The highest BCUT2D eigenvalue weighted by Crippen LogP contribution is 2.48. The van der Waals surface area contributed by atoms with Gasteiger partial charge in [-0.05, 0) is 24.5 Å². The molecule has 2 atom stereocenters. The van der Waals surface area contributed by atoms with E-state index in [1.54, 1.807) is 0 Å². The maximum atomic E-state index is 13.1. The zero-order valence-corrected chi connectivity index (χ0v) is 12.6. The first-order chi connectivity index (χ1) is 10.8. The summed E-state index contributed by atoms with van der Waals surface area (Å²) < 4.78 is 6.03. The van der Waals surface area contributed by atoms with Crippen LogP contribution in [0.1, 0.15) is 37.7 Å². The van der Waals surface area contributed by atoms with Gasteiger partial charge in [-0.1, -0.05) is 55.7 Å². The Kier molecular flexibility index (Phi) is 3.51. The second kappa shape index (κ2) is 5.52. The molecule has 2 bridgehead atoms. The van der Waals surface area contributed by atoms with Gasteiger partial charge >= 0.3 is 0 Å². The zero-order chi connectivity index (χ0) is 15.0. The number of hydroxylamine groups is 2. The zero-order valence-electron chi connectivity index (χ0n) is 12.6. The summed E-state index contributed by atoms with van der Waals surface area (Å²) in [6.45, 7) is 0.390. The van der Waals surface area contributed by atoms with Crippen LogP contribution in [0.5, 0.6) is 0 Å². The molecule has 116 valence electrons. The largest absolute Gasteiger partial charge is 0.344 e. The van der Waals surface area contributed by atoms with E-state index in [0.29, 0.717) is 6.61 Å². The number of ether oxygens (including phenoxy) is 1. The Balaban J connectivity index is 1.54. The molecule has 1 aromatic rings. The lowest BCUT2D eigenvalue weighted by molar-refractivity contribution is -0.279. The highest BCUT2D eigenvalue weighted by Gasteiger charge is 2.56. The normalized spacial score (nSPS) is 29.3. The molecule has 2 heterocycles. The van der Waals surface area contributed by atoms with E-state index in [0.717, 1.165) is 31.2 Å². The van der Waals surface area contributed by atoms with Gasteiger partial charge in [0, 0.05) is 0 Å². The van der Waals surface area contributed by atoms with E-state index < -0.39 is 5.41 Å². The summed E-state index contributed by atoms with van der Waals surface area (Å²) in [5, 5.41) is 1.47. The van der Waals surface area contributed by atoms with Gasteiger partial charge in [0.05, 0.1) is 11.5 Å². The van der Waals surface area contributed by atoms with E-state index in [-0.39, 0.29) is 18.2 Å². The van der Waals surface area contributed by atoms with Gasteiger partial charge < -0.3 is 4.74 Å². The molecular weight excluding hydrogens is 278 g/mol. The number of carbonyl (C=O) groups is 1. The van der Waals surface area contributed by atoms with Crippen molar-refractivity contribution in [1.82, 2.24) is 5.06 Å². The van der Waals surface area contributed by atoms with Crippen LogP contribution in [0.2, 0.25) is 0 Å². The number of hydrogen-bond acceptors (Lipinski definition) is 3. The molecule has 1 saturated heterocycles. The molecule has 0 aromatic heterocycles. The topological polar surface area (TPSA) is 38.8 Å². The monoisotopic (exact) mass is 299 g/mol. The molecule has 1 aliphatic carbocycles. The number of amides is 1. The Morgan fingerprint density at radius 3 is 2.68 bits per heavy atom. The highest BCUT2D eigenvalue weighted by atomic mass is 16.7. The lowest BCUT2D eigenvalue weighted by atomic mass is 9.69. The molecule has 4 heteroatoms. The van der Waals surface area contributed by atoms with Gasteiger partial charge in [-0.25, -0.2) is 0 Å². The molecule has 22 heavy (non-hydrogen) atoms. The molecular formula is C18H21NO3. The summed E-state index contributed by atoms with van der Waals surface area (Å²) >= 11 is 0. The summed E-state index contributed by atoms with van der Waals surface area (Å²) in [7, 11) is 0. The number of nitrogens with zero attached hydrogens (tertiary/aromatic N) is 1. The summed E-state index contributed by atoms with van der Waals surface area (Å²) in [5.74, 6) is 0.106. The fourth-order valence-electron chi connectivity index (χ4n) is 3.87. The highest BCUT2D eigenvalue weighted by molar-refractivity contribution is 5.84. The smallest absolute Gasteiger partial charge is 0.258 e. The molecule has 2 aliphatic heterocycles. The molecule has 0 radical (unpaired) electrons. The van der Waals surface area contributed by atoms with Crippen LogP contribution in [0.3, 0.4) is 0 Å². The first kappa shape index (κ1) is 14.0. The Labute approximate surface area is 130 Å². The quantitative estimate of drug-likeness (QED) is 0.805. The predicted octanol–water partition coefficient (Wildman–Crippen LogP) is 3.19. The molecule has 2 unspecified atom stereocenters. The minimum atomic E-state index is -0.404. The third-order valence-electron chi connectivity index (χ3n) is 5.10. The first-order valence-electron chi connectivity index (χ1n) is 8.14. The van der Waals surface area contributed by atoms with Gasteiger partial charge in [0.1, 0.15) is 6.61 Å². The fourth-order valence-corrected chi connectivity index (χ4v) is 3.87. The second-order valence-electron chi connectivity index (χ2n) is 6.44. The van der Waals surface area contributed by atoms with E-state index in [4.69, 9.17) is 9.57 Å². The van der Waals surface area contributed by atoms with Crippen molar-refractivity contribution in [2.75, 3.05) is 0 Å². The lowest BCUT2D eigenvalue weighted by Gasteiger charge is -2.47. The third-order valence-corrected chi connectivity index (χ3v) is 5.10. The van der Waals surface area contributed by atoms with Gasteiger partial charge in [0.15, 0.2) is 6.23 Å². The van der Waals surface area contributed by atoms with Crippen LogP contribution in [0.25, 0.3) is 0 Å². The van der Waals surface area contributed by atoms with Crippen molar-refractivity contribution >= 4 is 5.91 Å². The number of carbonyl (C=O) groups excluding carboxylic acids is 1. The van der Waals surface area contributed by atoms with Gasteiger partial charge in [-0.3, -0.25) is 9.63 Å². The summed E-state index contributed by atoms with van der Waals surface area (Å²) in [6, 6.07) is 9.92. The first-order valence-corrected chi connectivity index (χ1v) is 8.14. The van der Waals surface area contributed by atoms with E-state index in [1.807, 2.05) is 36.4 Å². The number of benzene rings is 1. The number of fused-ring (bicyclic) bond motifs is 3. The van der Waals surface area contributed by atoms with Crippen LogP contribution in [0.4, 0.5) is 0 Å². The Bertz CT molecular complexity index is 577. The molecule has 4 nitrogen and oxygen atoms in total. The van der Waals surface area contributed by atoms with Crippen LogP contribution < -0.4 is 0 Å². The minimum Gasteiger partial charge on any atom is -0.344 e. The lowest BCUT2D eigenvalue weighted by Crippen LogP contribution is -2.58. The van der Waals surface area contributed by atoms with Gasteiger partial charge in [-0.2, -0.15) is 5.06 Å². The standard InChI is InChI=1S/C18H21NO3/c20-17-18(11-5-2-6-12-18)15-9-10-16(22-15)19(17)21-13-14-7-3-1-4-8-14/h1,3-4,7-10,15-16H,2,5-6,11-13H2. The predicted molar refractivity (Wildman–Crippen MR) is 81.4 cm³/mol. The summed E-state index contributed by atoms with van der Waals surface area (Å²) in [6.07, 6.45) is 8.77. The van der Waals surface area contributed by atoms with Crippen LogP contribution >= 0.6 is 0 Å². The van der Waals surface area contributed by atoms with Gasteiger partial charge in [0.25, 0.3) is 5.91 Å². The van der Waals surface area contributed by atoms with Crippen LogP contribution in [-0.4, -0.2) is 23.3 Å². The summed E-state index contributed by atoms with van der Waals surface area (Å²) in [4.78, 5) is 18.9. The van der Waals surface area contributed by atoms with E-state index in [9.17, 15) is 4.79 Å². The molecule has 1 spiro atoms. The molecule has 1 aromatic carbocycles. The average molecular weight is 299 g/mol. The number of rotatable bonds is 3. The Morgan fingerprint density at radius 2 is 1.91 bits per heavy atom. The van der Waals surface area contributed by atoms with Crippen molar-refractivity contribution < 1.29 is 14.4 Å². The SMILES string of the molecule is O=C1N(OCc2ccccc2)C2C=CC(O2)C12CCCCC2. The van der Waals surface area contributed by atoms with Crippen molar-refractivity contribution in [3.63, 3.8) is 0 Å². The van der Waals surface area contributed by atoms with Crippen LogP contribution in [0.15, 0.2) is 42.5 Å². The van der Waals surface area contributed by atoms with Crippen molar-refractivity contribution in [1.29, 1.82) is 0 Å². The number of hydrogen-bond donors (Lipinski definition) is 0. The third kappa shape index (κ3) is 2.18. The molecule has 0 N–H and O–H groups in total. The molecule has 3 aliphatic rings. The molecule has 1 amide bonds. The molecule has 4 rings (SSSR count). The van der Waals surface area contributed by atoms with Crippen LogP contribution in [0, 0.1) is 5.41 Å². The molecule has 2 fully saturated rings. The Hall–Kier alpha value is -1.65. The van der Waals surface area contributed by atoms with Crippen molar-refractivity contribution in [3.8, 4) is 0 Å². The van der Waals surface area contributed by atoms with Crippen molar-refractivity contribution in [3.05, 3.63) is 48.0 Å². The minimum absolute atomic E-state index is 0.0677. The van der Waals surface area contributed by atoms with Gasteiger partial charge in [0.2, 0.25) is 0 Å². The second-order valence-corrected chi connectivity index (χ2v) is 6.44. The van der Waals surface area contributed by atoms with E-state index in [1.165, 1.54) is 11.5 Å². The maximum Gasteiger partial charge on any atom is 0.258 e. The van der Waals surface area contributed by atoms with Crippen molar-refractivity contribution in [2.45, 2.75) is 51.0 Å². The fraction of sp³-hybridized carbons (Fsp3) is 0.500. The Morgan fingerprint density at radius 1 is 1.14 bits per heavy atom. The van der Waals surface area contributed by atoms with E-state index in [2.05, 4.69) is 6.08 Å². The average Bonchev–Trinajstić information content (AvgIpc) is 3.03. The van der Waals surface area contributed by atoms with E-state index >= 15 is 0 Å².